The van der Waals surface area contributed by atoms with Crippen molar-refractivity contribution in [2.75, 3.05) is 18.5 Å². The summed E-state index contributed by atoms with van der Waals surface area (Å²) in [6.07, 6.45) is 0.722. The molecular weight excluding hydrogens is 330 g/mol. The molecule has 1 N–H and O–H groups in total. The molecule has 1 aromatic heterocycles. The van der Waals surface area contributed by atoms with Gasteiger partial charge in [0.2, 0.25) is 5.91 Å². The van der Waals surface area contributed by atoms with Crippen molar-refractivity contribution in [2.24, 2.45) is 0 Å². The van der Waals surface area contributed by atoms with Crippen molar-refractivity contribution in [1.82, 2.24) is 9.88 Å². The minimum Gasteiger partial charge on any atom is -0.375 e. The summed E-state index contributed by atoms with van der Waals surface area (Å²) in [6.45, 7) is 0.799. The number of nitrogens with one attached hydrogen (secondary N) is 1. The molecule has 0 spiro atoms. The van der Waals surface area contributed by atoms with Gasteiger partial charge in [-0.25, -0.2) is 4.98 Å². The molecule has 7 nitrogen and oxygen atoms in total. The van der Waals surface area contributed by atoms with Crippen molar-refractivity contribution in [3.05, 3.63) is 46.0 Å². The van der Waals surface area contributed by atoms with Crippen molar-refractivity contribution in [3.8, 4) is 0 Å². The van der Waals surface area contributed by atoms with Crippen LogP contribution in [-0.4, -0.2) is 40.8 Å². The number of carbonyl (C=O) groups is 3. The standard InChI is InChI=1S/C16H13N3O4S/c20-13(18-16-17-11-5-6-23-8-12(11)24-16)7-19-14(21)9-3-1-2-4-10(9)15(19)22/h1-4H,5-8H2,(H,17,18,20). The predicted octanol–water partition coefficient (Wildman–Crippen LogP) is 1.45. The first kappa shape index (κ1) is 15.0. The van der Waals surface area contributed by atoms with Crippen LogP contribution in [0.1, 0.15) is 31.3 Å². The van der Waals surface area contributed by atoms with E-state index in [1.54, 1.807) is 24.3 Å². The molecular formula is C16H13N3O4S. The summed E-state index contributed by atoms with van der Waals surface area (Å²) in [4.78, 5) is 43.0. The van der Waals surface area contributed by atoms with Gasteiger partial charge in [-0.05, 0) is 12.1 Å². The molecule has 122 valence electrons. The van der Waals surface area contributed by atoms with E-state index in [1.165, 1.54) is 11.3 Å². The van der Waals surface area contributed by atoms with Gasteiger partial charge in [-0.3, -0.25) is 19.3 Å². The number of benzene rings is 1. The highest BCUT2D eigenvalue weighted by Crippen LogP contribution is 2.27. The van der Waals surface area contributed by atoms with Crippen LogP contribution >= 0.6 is 11.3 Å². The number of aromatic nitrogens is 1. The Balaban J connectivity index is 1.46. The van der Waals surface area contributed by atoms with E-state index in [-0.39, 0.29) is 6.54 Å². The Bertz CT molecular complexity index is 802. The number of carbonyl (C=O) groups excluding carboxylic acids is 3. The lowest BCUT2D eigenvalue weighted by atomic mass is 10.1. The first-order valence-electron chi connectivity index (χ1n) is 7.45. The molecule has 2 aromatic rings. The molecule has 0 fully saturated rings. The molecule has 3 heterocycles. The Labute approximate surface area is 141 Å². The van der Waals surface area contributed by atoms with E-state index in [4.69, 9.17) is 4.74 Å². The molecule has 24 heavy (non-hydrogen) atoms. The number of imide groups is 1. The topological polar surface area (TPSA) is 88.6 Å². The van der Waals surface area contributed by atoms with Gasteiger partial charge in [-0.15, -0.1) is 0 Å². The molecule has 0 saturated carbocycles. The summed E-state index contributed by atoms with van der Waals surface area (Å²) in [6, 6.07) is 6.55. The molecule has 1 aromatic carbocycles. The summed E-state index contributed by atoms with van der Waals surface area (Å²) in [5, 5.41) is 3.13. The van der Waals surface area contributed by atoms with E-state index in [2.05, 4.69) is 10.3 Å². The van der Waals surface area contributed by atoms with Crippen LogP contribution in [0.3, 0.4) is 0 Å². The first-order chi connectivity index (χ1) is 11.6. The number of ether oxygens (including phenoxy) is 1. The number of nitrogens with zero attached hydrogens (tertiary/aromatic N) is 2. The summed E-state index contributed by atoms with van der Waals surface area (Å²) in [5.74, 6) is -1.34. The van der Waals surface area contributed by atoms with E-state index in [0.29, 0.717) is 29.5 Å². The minimum absolute atomic E-state index is 0.326. The average Bonchev–Trinajstić information content (AvgIpc) is 3.09. The lowest BCUT2D eigenvalue weighted by molar-refractivity contribution is -0.116. The number of amides is 3. The maximum atomic E-state index is 12.2. The lowest BCUT2D eigenvalue weighted by Crippen LogP contribution is -2.37. The molecule has 2 aliphatic heterocycles. The minimum atomic E-state index is -0.448. The van der Waals surface area contributed by atoms with E-state index in [1.807, 2.05) is 0 Å². The van der Waals surface area contributed by atoms with Gasteiger partial charge < -0.3 is 10.1 Å². The summed E-state index contributed by atoms with van der Waals surface area (Å²) in [5.41, 5.74) is 1.59. The highest BCUT2D eigenvalue weighted by Gasteiger charge is 2.36. The molecule has 0 bridgehead atoms. The lowest BCUT2D eigenvalue weighted by Gasteiger charge is -2.12. The second-order valence-corrected chi connectivity index (χ2v) is 6.57. The van der Waals surface area contributed by atoms with E-state index < -0.39 is 17.7 Å². The average molecular weight is 343 g/mol. The smallest absolute Gasteiger partial charge is 0.262 e. The molecule has 0 radical (unpaired) electrons. The molecule has 0 saturated heterocycles. The van der Waals surface area contributed by atoms with Gasteiger partial charge >= 0.3 is 0 Å². The normalized spacial score (nSPS) is 16.1. The van der Waals surface area contributed by atoms with Gasteiger partial charge in [0.25, 0.3) is 11.8 Å². The molecule has 8 heteroatoms. The predicted molar refractivity (Wildman–Crippen MR) is 85.9 cm³/mol. The Kier molecular flexibility index (Phi) is 3.62. The summed E-state index contributed by atoms with van der Waals surface area (Å²) < 4.78 is 5.35. The van der Waals surface area contributed by atoms with Crippen LogP contribution in [0, 0.1) is 0 Å². The number of anilines is 1. The maximum Gasteiger partial charge on any atom is 0.262 e. The zero-order valence-electron chi connectivity index (χ0n) is 12.6. The zero-order chi connectivity index (χ0) is 16.7. The van der Waals surface area contributed by atoms with Crippen LogP contribution in [0.4, 0.5) is 5.13 Å². The number of fused-ring (bicyclic) bond motifs is 2. The molecule has 0 unspecified atom stereocenters. The Morgan fingerprint density at radius 1 is 1.25 bits per heavy atom. The first-order valence-corrected chi connectivity index (χ1v) is 8.26. The molecule has 3 amide bonds. The summed E-state index contributed by atoms with van der Waals surface area (Å²) >= 11 is 1.35. The molecule has 4 rings (SSSR count). The fraction of sp³-hybridized carbons (Fsp3) is 0.250. The van der Waals surface area contributed by atoms with E-state index in [9.17, 15) is 14.4 Å². The second kappa shape index (κ2) is 5.81. The third kappa shape index (κ3) is 2.49. The Morgan fingerprint density at radius 2 is 1.96 bits per heavy atom. The van der Waals surface area contributed by atoms with Gasteiger partial charge in [0, 0.05) is 6.42 Å². The fourth-order valence-corrected chi connectivity index (χ4v) is 3.73. The van der Waals surface area contributed by atoms with Crippen LogP contribution < -0.4 is 5.32 Å². The maximum absolute atomic E-state index is 12.2. The van der Waals surface area contributed by atoms with Crippen LogP contribution in [0.2, 0.25) is 0 Å². The quantitative estimate of drug-likeness (QED) is 0.852. The third-order valence-electron chi connectivity index (χ3n) is 3.92. The molecule has 0 aliphatic carbocycles. The van der Waals surface area contributed by atoms with Crippen molar-refractivity contribution in [3.63, 3.8) is 0 Å². The molecule has 0 atom stereocenters. The highest BCUT2D eigenvalue weighted by atomic mass is 32.1. The van der Waals surface area contributed by atoms with E-state index >= 15 is 0 Å². The highest BCUT2D eigenvalue weighted by molar-refractivity contribution is 7.15. The monoisotopic (exact) mass is 343 g/mol. The number of rotatable bonds is 3. The Morgan fingerprint density at radius 3 is 2.62 bits per heavy atom. The van der Waals surface area contributed by atoms with Crippen molar-refractivity contribution in [2.45, 2.75) is 13.0 Å². The van der Waals surface area contributed by atoms with Gasteiger partial charge in [0.1, 0.15) is 6.54 Å². The fourth-order valence-electron chi connectivity index (χ4n) is 2.76. The largest absolute Gasteiger partial charge is 0.375 e. The zero-order valence-corrected chi connectivity index (χ0v) is 13.4. The summed E-state index contributed by atoms with van der Waals surface area (Å²) in [7, 11) is 0. The van der Waals surface area contributed by atoms with Gasteiger partial charge in [-0.1, -0.05) is 23.5 Å². The van der Waals surface area contributed by atoms with Crippen LogP contribution in [0.25, 0.3) is 0 Å². The van der Waals surface area contributed by atoms with Crippen LogP contribution in [0.15, 0.2) is 24.3 Å². The van der Waals surface area contributed by atoms with E-state index in [0.717, 1.165) is 21.9 Å². The van der Waals surface area contributed by atoms with Crippen molar-refractivity contribution >= 4 is 34.2 Å². The van der Waals surface area contributed by atoms with Crippen LogP contribution in [-0.2, 0) is 22.6 Å². The van der Waals surface area contributed by atoms with Crippen molar-refractivity contribution < 1.29 is 19.1 Å². The Hall–Kier alpha value is -2.58. The molecule has 2 aliphatic rings. The number of hydrogen-bond donors (Lipinski definition) is 1. The number of hydrogen-bond acceptors (Lipinski definition) is 6. The SMILES string of the molecule is O=C(CN1C(=O)c2ccccc2C1=O)Nc1nc2c(s1)COCC2. The van der Waals surface area contributed by atoms with Gasteiger partial charge in [0.15, 0.2) is 5.13 Å². The van der Waals surface area contributed by atoms with Crippen LogP contribution in [0.5, 0.6) is 0 Å². The van der Waals surface area contributed by atoms with Crippen molar-refractivity contribution in [1.29, 1.82) is 0 Å². The second-order valence-electron chi connectivity index (χ2n) is 5.48. The third-order valence-corrected chi connectivity index (χ3v) is 4.91. The van der Waals surface area contributed by atoms with Gasteiger partial charge in [0.05, 0.1) is 34.9 Å². The number of thiazole rings is 1. The van der Waals surface area contributed by atoms with Gasteiger partial charge in [-0.2, -0.15) is 0 Å².